The summed E-state index contributed by atoms with van der Waals surface area (Å²) in [5.41, 5.74) is 0.853. The molecular weight excluding hydrogens is 356 g/mol. The van der Waals surface area contributed by atoms with Gasteiger partial charge in [-0.2, -0.15) is 4.98 Å². The van der Waals surface area contributed by atoms with E-state index in [2.05, 4.69) is 4.98 Å². The third-order valence-corrected chi connectivity index (χ3v) is 6.49. The Morgan fingerprint density at radius 1 is 1.25 bits per heavy atom. The Hall–Kier alpha value is -2.18. The quantitative estimate of drug-likeness (QED) is 0.791. The van der Waals surface area contributed by atoms with Crippen LogP contribution < -0.4 is 5.69 Å². The summed E-state index contributed by atoms with van der Waals surface area (Å²) >= 11 is 0. The van der Waals surface area contributed by atoms with Crippen LogP contribution in [0.3, 0.4) is 0 Å². The minimum atomic E-state index is -0.377. The van der Waals surface area contributed by atoms with Gasteiger partial charge in [0.05, 0.1) is 6.04 Å². The molecular formula is C21H32N4O3. The van der Waals surface area contributed by atoms with Gasteiger partial charge in [0.2, 0.25) is 11.8 Å². The number of rotatable bonds is 4. The van der Waals surface area contributed by atoms with Crippen LogP contribution in [0.5, 0.6) is 0 Å². The van der Waals surface area contributed by atoms with Crippen molar-refractivity contribution in [2.75, 3.05) is 13.1 Å². The Balaban J connectivity index is 1.88. The van der Waals surface area contributed by atoms with Crippen LogP contribution in [0.2, 0.25) is 0 Å². The standard InChI is InChI=1S/C21H32N4O3/c1-5-23(17(4)26)18-12-21(9-7-6-8-10-21)25(13-18)19(27)14-24-16(3)11-15(2)22-20(24)28/h11,18H,5-10,12-14H2,1-4H3/t18-/m1/s1. The molecule has 154 valence electrons. The van der Waals surface area contributed by atoms with Crippen molar-refractivity contribution < 1.29 is 9.59 Å². The molecule has 1 saturated carbocycles. The normalized spacial score (nSPS) is 21.1. The van der Waals surface area contributed by atoms with E-state index < -0.39 is 0 Å². The highest BCUT2D eigenvalue weighted by Gasteiger charge is 2.49. The smallest absolute Gasteiger partial charge is 0.338 e. The molecule has 7 nitrogen and oxygen atoms in total. The highest BCUT2D eigenvalue weighted by atomic mass is 16.2. The molecule has 1 aliphatic carbocycles. The molecule has 0 unspecified atom stereocenters. The lowest BCUT2D eigenvalue weighted by atomic mass is 9.79. The molecule has 1 aliphatic heterocycles. The maximum atomic E-state index is 13.3. The maximum Gasteiger partial charge on any atom is 0.348 e. The van der Waals surface area contributed by atoms with Crippen LogP contribution in [0.25, 0.3) is 0 Å². The van der Waals surface area contributed by atoms with Crippen molar-refractivity contribution in [2.24, 2.45) is 0 Å². The SMILES string of the molecule is CCN(C(C)=O)[C@H]1CN(C(=O)Cn2c(C)cc(C)nc2=O)C2(CCCCC2)C1. The number of amides is 2. The molecule has 2 fully saturated rings. The first kappa shape index (κ1) is 20.6. The lowest BCUT2D eigenvalue weighted by Crippen LogP contribution is -2.50. The van der Waals surface area contributed by atoms with Gasteiger partial charge in [-0.25, -0.2) is 4.79 Å². The van der Waals surface area contributed by atoms with Crippen molar-refractivity contribution in [3.05, 3.63) is 27.9 Å². The zero-order valence-corrected chi connectivity index (χ0v) is 17.5. The lowest BCUT2D eigenvalue weighted by molar-refractivity contribution is -0.138. The molecule has 28 heavy (non-hydrogen) atoms. The van der Waals surface area contributed by atoms with Crippen molar-refractivity contribution in [2.45, 2.75) is 84.3 Å². The number of carbonyl (C=O) groups is 2. The monoisotopic (exact) mass is 388 g/mol. The molecule has 0 aromatic carbocycles. The zero-order chi connectivity index (χ0) is 20.5. The second-order valence-corrected chi connectivity index (χ2v) is 8.36. The van der Waals surface area contributed by atoms with Crippen LogP contribution in [0.4, 0.5) is 0 Å². The van der Waals surface area contributed by atoms with Crippen molar-refractivity contribution >= 4 is 11.8 Å². The second kappa shape index (κ2) is 8.05. The summed E-state index contributed by atoms with van der Waals surface area (Å²) in [6, 6.07) is 1.88. The topological polar surface area (TPSA) is 75.5 Å². The fourth-order valence-corrected chi connectivity index (χ4v) is 5.20. The minimum Gasteiger partial charge on any atom is -0.338 e. The van der Waals surface area contributed by atoms with Gasteiger partial charge in [-0.05, 0) is 46.1 Å². The largest absolute Gasteiger partial charge is 0.348 e. The van der Waals surface area contributed by atoms with Crippen molar-refractivity contribution in [3.63, 3.8) is 0 Å². The van der Waals surface area contributed by atoms with Crippen LogP contribution >= 0.6 is 0 Å². The Bertz CT molecular complexity index is 810. The van der Waals surface area contributed by atoms with Gasteiger partial charge in [-0.3, -0.25) is 14.2 Å². The lowest BCUT2D eigenvalue weighted by Gasteiger charge is -2.41. The van der Waals surface area contributed by atoms with Gasteiger partial charge in [0, 0.05) is 36.9 Å². The first-order valence-electron chi connectivity index (χ1n) is 10.4. The van der Waals surface area contributed by atoms with E-state index in [0.29, 0.717) is 18.8 Å². The highest BCUT2D eigenvalue weighted by Crippen LogP contribution is 2.43. The van der Waals surface area contributed by atoms with Gasteiger partial charge in [0.25, 0.3) is 0 Å². The van der Waals surface area contributed by atoms with E-state index in [4.69, 9.17) is 0 Å². The molecule has 2 aliphatic rings. The van der Waals surface area contributed by atoms with E-state index in [1.54, 1.807) is 13.8 Å². The molecule has 0 N–H and O–H groups in total. The number of aromatic nitrogens is 2. The third-order valence-electron chi connectivity index (χ3n) is 6.49. The summed E-state index contributed by atoms with van der Waals surface area (Å²) in [7, 11) is 0. The average Bonchev–Trinajstić information content (AvgIpc) is 2.97. The number of hydrogen-bond donors (Lipinski definition) is 0. The Kier molecular flexibility index (Phi) is 5.91. The molecule has 1 aromatic heterocycles. The number of aryl methyl sites for hydroxylation is 2. The van der Waals surface area contributed by atoms with Gasteiger partial charge in [-0.1, -0.05) is 19.3 Å². The van der Waals surface area contributed by atoms with Crippen LogP contribution in [-0.4, -0.2) is 55.8 Å². The Morgan fingerprint density at radius 3 is 2.50 bits per heavy atom. The van der Waals surface area contributed by atoms with E-state index in [0.717, 1.165) is 37.8 Å². The fraction of sp³-hybridized carbons (Fsp3) is 0.714. The molecule has 0 bridgehead atoms. The van der Waals surface area contributed by atoms with Crippen LogP contribution in [0, 0.1) is 13.8 Å². The van der Waals surface area contributed by atoms with E-state index in [1.807, 2.05) is 29.7 Å². The van der Waals surface area contributed by atoms with E-state index in [9.17, 15) is 14.4 Å². The molecule has 1 saturated heterocycles. The number of nitrogens with zero attached hydrogens (tertiary/aromatic N) is 4. The molecule has 0 radical (unpaired) electrons. The third kappa shape index (κ3) is 3.84. The van der Waals surface area contributed by atoms with Crippen molar-refractivity contribution in [3.8, 4) is 0 Å². The first-order valence-corrected chi connectivity index (χ1v) is 10.4. The first-order chi connectivity index (χ1) is 13.3. The zero-order valence-electron chi connectivity index (χ0n) is 17.5. The summed E-state index contributed by atoms with van der Waals surface area (Å²) < 4.78 is 1.46. The van der Waals surface area contributed by atoms with Gasteiger partial charge < -0.3 is 9.80 Å². The predicted octanol–water partition coefficient (Wildman–Crippen LogP) is 2.03. The molecule has 1 aromatic rings. The highest BCUT2D eigenvalue weighted by molar-refractivity contribution is 5.78. The van der Waals surface area contributed by atoms with Crippen LogP contribution in [0.1, 0.15) is 63.8 Å². The van der Waals surface area contributed by atoms with Gasteiger partial charge in [0.1, 0.15) is 6.54 Å². The van der Waals surface area contributed by atoms with E-state index in [1.165, 1.54) is 11.0 Å². The summed E-state index contributed by atoms with van der Waals surface area (Å²) in [6.45, 7) is 8.42. The summed E-state index contributed by atoms with van der Waals surface area (Å²) in [5, 5.41) is 0. The number of likely N-dealkylation sites (tertiary alicyclic amines) is 1. The van der Waals surface area contributed by atoms with Crippen molar-refractivity contribution in [1.82, 2.24) is 19.4 Å². The summed E-state index contributed by atoms with van der Waals surface area (Å²) in [5.74, 6) is 0.0161. The predicted molar refractivity (Wildman–Crippen MR) is 107 cm³/mol. The number of likely N-dealkylation sites (N-methyl/N-ethyl adjacent to an activating group) is 1. The van der Waals surface area contributed by atoms with Crippen LogP contribution in [-0.2, 0) is 16.1 Å². The average molecular weight is 389 g/mol. The molecule has 2 heterocycles. The molecule has 1 spiro atoms. The number of carbonyl (C=O) groups excluding carboxylic acids is 2. The molecule has 1 atom stereocenters. The summed E-state index contributed by atoms with van der Waals surface area (Å²) in [6.07, 6.45) is 6.20. The molecule has 3 rings (SSSR count). The van der Waals surface area contributed by atoms with Crippen LogP contribution in [0.15, 0.2) is 10.9 Å². The fourth-order valence-electron chi connectivity index (χ4n) is 5.20. The number of hydrogen-bond acceptors (Lipinski definition) is 4. The molecule has 2 amide bonds. The van der Waals surface area contributed by atoms with Crippen molar-refractivity contribution in [1.29, 1.82) is 0 Å². The van der Waals surface area contributed by atoms with E-state index in [-0.39, 0.29) is 35.6 Å². The maximum absolute atomic E-state index is 13.3. The Morgan fingerprint density at radius 2 is 1.93 bits per heavy atom. The van der Waals surface area contributed by atoms with Gasteiger partial charge in [0.15, 0.2) is 0 Å². The molecule has 7 heteroatoms. The van der Waals surface area contributed by atoms with Gasteiger partial charge >= 0.3 is 5.69 Å². The Labute approximate surface area is 166 Å². The second-order valence-electron chi connectivity index (χ2n) is 8.36. The van der Waals surface area contributed by atoms with Gasteiger partial charge in [-0.15, -0.1) is 0 Å². The van der Waals surface area contributed by atoms with E-state index >= 15 is 0 Å². The minimum absolute atomic E-state index is 0.0125. The summed E-state index contributed by atoms with van der Waals surface area (Å²) in [4.78, 5) is 45.6.